The number of rotatable bonds is 6. The quantitative estimate of drug-likeness (QED) is 0.464. The summed E-state index contributed by atoms with van der Waals surface area (Å²) in [5, 5.41) is 12.3. The first kappa shape index (κ1) is 25.7. The van der Waals surface area contributed by atoms with Gasteiger partial charge >= 0.3 is 17.9 Å². The molecule has 1 aliphatic heterocycles. The summed E-state index contributed by atoms with van der Waals surface area (Å²) in [6.45, 7) is 4.32. The van der Waals surface area contributed by atoms with Crippen LogP contribution >= 0.6 is 0 Å². The second kappa shape index (κ2) is 11.5. The summed E-state index contributed by atoms with van der Waals surface area (Å²) in [6.07, 6.45) is 0.443. The van der Waals surface area contributed by atoms with Crippen LogP contribution in [-0.4, -0.2) is 58.8 Å². The fourth-order valence-electron chi connectivity index (χ4n) is 3.56. The fourth-order valence-corrected chi connectivity index (χ4v) is 3.56. The zero-order chi connectivity index (χ0) is 25.5. The van der Waals surface area contributed by atoms with Crippen LogP contribution in [0, 0.1) is 11.8 Å². The van der Waals surface area contributed by atoms with Crippen molar-refractivity contribution < 1.29 is 38.5 Å². The molecule has 2 N–H and O–H groups in total. The highest BCUT2D eigenvalue weighted by molar-refractivity contribution is 5.99. The summed E-state index contributed by atoms with van der Waals surface area (Å²) in [5.41, 5.74) is 0.688. The number of carbonyl (C=O) groups is 4. The Bertz CT molecular complexity index is 1070. The van der Waals surface area contributed by atoms with Crippen molar-refractivity contribution in [2.24, 2.45) is 11.8 Å². The molecule has 2 heterocycles. The van der Waals surface area contributed by atoms with Gasteiger partial charge in [-0.2, -0.15) is 0 Å². The fraction of sp³-hybridized carbons (Fsp3) is 0.400. The summed E-state index contributed by atoms with van der Waals surface area (Å²) < 4.78 is 16.5. The molecular weight excluding hydrogens is 456 g/mol. The number of esters is 3. The molecule has 10 nitrogen and oxygen atoms in total. The van der Waals surface area contributed by atoms with Gasteiger partial charge in [0.25, 0.3) is 5.91 Å². The first-order valence-electron chi connectivity index (χ1n) is 11.2. The predicted octanol–water partition coefficient (Wildman–Crippen LogP) is 1.80. The van der Waals surface area contributed by atoms with Crippen molar-refractivity contribution in [3.63, 3.8) is 0 Å². The minimum atomic E-state index is -1.35. The molecule has 0 saturated carbocycles. The topological polar surface area (TPSA) is 141 Å². The van der Waals surface area contributed by atoms with E-state index in [9.17, 15) is 24.3 Å². The van der Waals surface area contributed by atoms with Crippen molar-refractivity contribution in [2.75, 3.05) is 6.61 Å². The highest BCUT2D eigenvalue weighted by Gasteiger charge is 2.42. The summed E-state index contributed by atoms with van der Waals surface area (Å²) >= 11 is 0. The number of hydrogen-bond donors (Lipinski definition) is 2. The monoisotopic (exact) mass is 484 g/mol. The van der Waals surface area contributed by atoms with E-state index in [1.54, 1.807) is 13.8 Å². The number of nitrogens with zero attached hydrogens (tertiary/aromatic N) is 1. The van der Waals surface area contributed by atoms with E-state index < -0.39 is 60.5 Å². The van der Waals surface area contributed by atoms with Crippen molar-refractivity contribution in [2.45, 2.75) is 45.4 Å². The van der Waals surface area contributed by atoms with Crippen LogP contribution in [0.3, 0.4) is 0 Å². The Morgan fingerprint density at radius 1 is 1.17 bits per heavy atom. The minimum Gasteiger partial charge on any atom is -0.505 e. The van der Waals surface area contributed by atoms with E-state index in [4.69, 9.17) is 14.2 Å². The van der Waals surface area contributed by atoms with E-state index in [0.29, 0.717) is 0 Å². The van der Waals surface area contributed by atoms with Crippen molar-refractivity contribution in [1.29, 1.82) is 0 Å². The number of ether oxygens (including phenoxy) is 3. The first-order chi connectivity index (χ1) is 16.7. The lowest BCUT2D eigenvalue weighted by Crippen LogP contribution is -2.46. The molecule has 3 rings (SSSR count). The van der Waals surface area contributed by atoms with Gasteiger partial charge in [0.15, 0.2) is 12.1 Å². The lowest BCUT2D eigenvalue weighted by Gasteiger charge is -2.29. The summed E-state index contributed by atoms with van der Waals surface area (Å²) in [5.74, 6) is -4.72. The third-order valence-corrected chi connectivity index (χ3v) is 5.51. The molecule has 4 atom stereocenters. The van der Waals surface area contributed by atoms with Crippen molar-refractivity contribution in [3.8, 4) is 5.75 Å². The van der Waals surface area contributed by atoms with Crippen LogP contribution in [0.1, 0.15) is 36.7 Å². The Morgan fingerprint density at radius 2 is 1.89 bits per heavy atom. The molecule has 2 aromatic rings. The number of amides is 1. The van der Waals surface area contributed by atoms with E-state index in [-0.39, 0.29) is 17.7 Å². The van der Waals surface area contributed by atoms with Crippen LogP contribution < -0.4 is 5.32 Å². The third-order valence-electron chi connectivity index (χ3n) is 5.51. The highest BCUT2D eigenvalue weighted by atomic mass is 16.6. The number of aromatic nitrogens is 1. The Hall–Kier alpha value is -3.95. The van der Waals surface area contributed by atoms with Crippen LogP contribution in [0.4, 0.5) is 0 Å². The van der Waals surface area contributed by atoms with Crippen molar-refractivity contribution in [3.05, 3.63) is 59.9 Å². The molecule has 10 heteroatoms. The molecule has 1 amide bonds. The number of carbonyl (C=O) groups excluding carboxylic acids is 4. The molecule has 35 heavy (non-hydrogen) atoms. The number of aromatic hydroxyl groups is 1. The number of hydrogen-bond acceptors (Lipinski definition) is 9. The van der Waals surface area contributed by atoms with Gasteiger partial charge in [-0.3, -0.25) is 19.4 Å². The molecule has 0 bridgehead atoms. The molecule has 1 fully saturated rings. The van der Waals surface area contributed by atoms with Crippen LogP contribution in [0.25, 0.3) is 0 Å². The van der Waals surface area contributed by atoms with Gasteiger partial charge in [0.2, 0.25) is 0 Å². The average molecular weight is 485 g/mol. The second-order valence-electron chi connectivity index (χ2n) is 8.54. The normalized spacial score (nSPS) is 22.7. The summed E-state index contributed by atoms with van der Waals surface area (Å²) in [7, 11) is 0. The predicted molar refractivity (Wildman–Crippen MR) is 122 cm³/mol. The molecule has 0 aliphatic carbocycles. The Morgan fingerprint density at radius 3 is 2.54 bits per heavy atom. The number of cyclic esters (lactones) is 2. The number of nitrogens with one attached hydrogen (secondary N) is 1. The summed E-state index contributed by atoms with van der Waals surface area (Å²) in [4.78, 5) is 54.8. The maximum atomic E-state index is 13.2. The van der Waals surface area contributed by atoms with E-state index in [1.807, 2.05) is 30.3 Å². The SMILES string of the molecule is CC(C)C(=O)O[C@H]1[C@H](C)OC(=O)C(NC(=O)c2ccncc2O)COC(=O)[C@@H]1Cc1ccccc1. The molecule has 0 radical (unpaired) electrons. The van der Waals surface area contributed by atoms with Gasteiger partial charge in [0, 0.05) is 6.20 Å². The largest absolute Gasteiger partial charge is 0.505 e. The van der Waals surface area contributed by atoms with Crippen LogP contribution in [0.2, 0.25) is 0 Å². The first-order valence-corrected chi connectivity index (χ1v) is 11.2. The summed E-state index contributed by atoms with van der Waals surface area (Å²) in [6, 6.07) is 9.03. The molecule has 1 aliphatic rings. The zero-order valence-electron chi connectivity index (χ0n) is 19.7. The maximum absolute atomic E-state index is 13.2. The molecular formula is C25H28N2O8. The van der Waals surface area contributed by atoms with Gasteiger partial charge < -0.3 is 24.6 Å². The average Bonchev–Trinajstić information content (AvgIpc) is 2.86. The zero-order valence-corrected chi connectivity index (χ0v) is 19.7. The smallest absolute Gasteiger partial charge is 0.332 e. The van der Waals surface area contributed by atoms with Gasteiger partial charge in [0.05, 0.1) is 17.7 Å². The molecule has 1 aromatic heterocycles. The highest BCUT2D eigenvalue weighted by Crippen LogP contribution is 2.25. The molecule has 1 aromatic carbocycles. The minimum absolute atomic E-state index is 0.113. The van der Waals surface area contributed by atoms with Crippen molar-refractivity contribution >= 4 is 23.8 Å². The number of pyridine rings is 1. The van der Waals surface area contributed by atoms with E-state index in [1.165, 1.54) is 19.2 Å². The van der Waals surface area contributed by atoms with Crippen molar-refractivity contribution in [1.82, 2.24) is 10.3 Å². The second-order valence-corrected chi connectivity index (χ2v) is 8.54. The third kappa shape index (κ3) is 6.56. The Kier molecular flexibility index (Phi) is 8.40. The van der Waals surface area contributed by atoms with E-state index >= 15 is 0 Å². The molecule has 0 spiro atoms. The maximum Gasteiger partial charge on any atom is 0.332 e. The molecule has 1 unspecified atom stereocenters. The Labute approximate surface area is 202 Å². The molecule has 1 saturated heterocycles. The van der Waals surface area contributed by atoms with Gasteiger partial charge in [-0.25, -0.2) is 4.79 Å². The lowest BCUT2D eigenvalue weighted by molar-refractivity contribution is -0.176. The van der Waals surface area contributed by atoms with E-state index in [0.717, 1.165) is 11.8 Å². The van der Waals surface area contributed by atoms with E-state index in [2.05, 4.69) is 10.3 Å². The van der Waals surface area contributed by atoms with Gasteiger partial charge in [0.1, 0.15) is 24.4 Å². The van der Waals surface area contributed by atoms with Gasteiger partial charge in [-0.1, -0.05) is 44.2 Å². The van der Waals surface area contributed by atoms with Gasteiger partial charge in [-0.15, -0.1) is 0 Å². The Balaban J connectivity index is 1.87. The molecule has 186 valence electrons. The van der Waals surface area contributed by atoms with Gasteiger partial charge in [-0.05, 0) is 25.0 Å². The van der Waals surface area contributed by atoms with Crippen LogP contribution in [0.5, 0.6) is 5.75 Å². The van der Waals surface area contributed by atoms with Crippen LogP contribution in [0.15, 0.2) is 48.8 Å². The standard InChI is InChI=1S/C25H28N2O8/c1-14(2)23(30)35-21-15(3)34-25(32)19(27-22(29)17-9-10-26-12-20(17)28)13-33-24(31)18(21)11-16-7-5-4-6-8-16/h4-10,12,14-15,18-19,21,28H,11,13H2,1-3H3,(H,27,29)/t15-,18+,19?,21-/m0/s1. The number of benzene rings is 1. The van der Waals surface area contributed by atoms with Crippen LogP contribution in [-0.2, 0) is 35.0 Å². The lowest BCUT2D eigenvalue weighted by atomic mass is 9.91.